The number of nitrogens with one attached hydrogen (secondary N) is 2. The number of amides is 2. The zero-order chi connectivity index (χ0) is 17.9. The zero-order valence-electron chi connectivity index (χ0n) is 14.7. The Kier molecular flexibility index (Phi) is 5.06. The lowest BCUT2D eigenvalue weighted by atomic mass is 9.96. The largest absolute Gasteiger partial charge is 0.354 e. The third-order valence-corrected chi connectivity index (χ3v) is 6.29. The lowest BCUT2D eigenvalue weighted by Gasteiger charge is -2.32. The summed E-state index contributed by atoms with van der Waals surface area (Å²) in [4.78, 5) is 31.7. The first kappa shape index (κ1) is 17.3. The second-order valence-corrected chi connectivity index (χ2v) is 8.11. The molecule has 2 N–H and O–H groups in total. The molecule has 26 heavy (non-hydrogen) atoms. The smallest absolute Gasteiger partial charge is 0.242 e. The molecule has 2 saturated heterocycles. The van der Waals surface area contributed by atoms with Crippen molar-refractivity contribution in [1.82, 2.24) is 15.6 Å². The summed E-state index contributed by atoms with van der Waals surface area (Å²) in [6, 6.07) is 7.73. The van der Waals surface area contributed by atoms with Gasteiger partial charge in [0, 0.05) is 19.6 Å². The Balaban J connectivity index is 1.42. The highest BCUT2D eigenvalue weighted by Gasteiger charge is 2.30. The van der Waals surface area contributed by atoms with Gasteiger partial charge in [-0.05, 0) is 44.2 Å². The molecule has 0 unspecified atom stereocenters. The number of thiazole rings is 1. The molecule has 0 saturated carbocycles. The van der Waals surface area contributed by atoms with Crippen molar-refractivity contribution in [2.75, 3.05) is 24.5 Å². The highest BCUT2D eigenvalue weighted by molar-refractivity contribution is 7.22. The molecule has 138 valence electrons. The second kappa shape index (κ2) is 7.61. The van der Waals surface area contributed by atoms with Crippen molar-refractivity contribution in [1.29, 1.82) is 0 Å². The summed E-state index contributed by atoms with van der Waals surface area (Å²) in [5, 5.41) is 6.84. The number of aromatic nitrogens is 1. The minimum Gasteiger partial charge on any atom is -0.354 e. The molecular formula is C19H24N4O2S. The van der Waals surface area contributed by atoms with Crippen LogP contribution in [0.2, 0.25) is 0 Å². The van der Waals surface area contributed by atoms with Crippen LogP contribution in [0.4, 0.5) is 5.13 Å². The van der Waals surface area contributed by atoms with Crippen LogP contribution in [0.1, 0.15) is 32.1 Å². The van der Waals surface area contributed by atoms with Crippen molar-refractivity contribution in [3.8, 4) is 0 Å². The number of benzene rings is 1. The van der Waals surface area contributed by atoms with E-state index in [1.165, 1.54) is 4.70 Å². The molecule has 3 heterocycles. The Morgan fingerprint density at radius 1 is 1.23 bits per heavy atom. The van der Waals surface area contributed by atoms with Gasteiger partial charge in [-0.3, -0.25) is 9.59 Å². The molecule has 0 aliphatic carbocycles. The van der Waals surface area contributed by atoms with E-state index in [4.69, 9.17) is 4.98 Å². The number of rotatable bonds is 3. The van der Waals surface area contributed by atoms with Gasteiger partial charge in [0.2, 0.25) is 11.8 Å². The molecule has 2 aliphatic rings. The first-order valence-corrected chi connectivity index (χ1v) is 10.2. The number of piperidine rings is 1. The van der Waals surface area contributed by atoms with Crippen LogP contribution < -0.4 is 15.5 Å². The van der Waals surface area contributed by atoms with Crippen molar-refractivity contribution in [3.05, 3.63) is 24.3 Å². The minimum absolute atomic E-state index is 0.00198. The normalized spacial score (nSPS) is 24.2. The summed E-state index contributed by atoms with van der Waals surface area (Å²) in [5.74, 6) is -0.139. The van der Waals surface area contributed by atoms with E-state index in [0.717, 1.165) is 49.3 Å². The van der Waals surface area contributed by atoms with E-state index in [1.807, 2.05) is 18.2 Å². The van der Waals surface area contributed by atoms with Crippen molar-refractivity contribution < 1.29 is 9.59 Å². The maximum atomic E-state index is 12.7. The monoisotopic (exact) mass is 372 g/mol. The van der Waals surface area contributed by atoms with E-state index in [2.05, 4.69) is 21.6 Å². The predicted octanol–water partition coefficient (Wildman–Crippen LogP) is 2.30. The van der Waals surface area contributed by atoms with Crippen molar-refractivity contribution in [2.24, 2.45) is 5.92 Å². The van der Waals surface area contributed by atoms with E-state index in [-0.39, 0.29) is 23.8 Å². The van der Waals surface area contributed by atoms with Gasteiger partial charge in [-0.25, -0.2) is 4.98 Å². The maximum absolute atomic E-state index is 12.7. The fourth-order valence-electron chi connectivity index (χ4n) is 3.73. The zero-order valence-corrected chi connectivity index (χ0v) is 15.6. The average molecular weight is 372 g/mol. The van der Waals surface area contributed by atoms with Crippen LogP contribution in [0.15, 0.2) is 24.3 Å². The SMILES string of the molecule is O=C(N[C@H]1CCCCNC1=O)[C@@H]1CCCN(c2nc3ccccc3s2)C1. The van der Waals surface area contributed by atoms with Gasteiger partial charge >= 0.3 is 0 Å². The van der Waals surface area contributed by atoms with Crippen LogP contribution in [-0.2, 0) is 9.59 Å². The third kappa shape index (κ3) is 3.67. The highest BCUT2D eigenvalue weighted by atomic mass is 32.1. The van der Waals surface area contributed by atoms with Crippen molar-refractivity contribution in [3.63, 3.8) is 0 Å². The van der Waals surface area contributed by atoms with Gasteiger partial charge in [0.05, 0.1) is 16.1 Å². The lowest BCUT2D eigenvalue weighted by Crippen LogP contribution is -2.50. The molecule has 6 nitrogen and oxygen atoms in total. The number of carbonyl (C=O) groups is 2. The Morgan fingerprint density at radius 3 is 3.00 bits per heavy atom. The van der Waals surface area contributed by atoms with E-state index in [1.54, 1.807) is 11.3 Å². The average Bonchev–Trinajstić information content (AvgIpc) is 3.01. The molecule has 2 fully saturated rings. The van der Waals surface area contributed by atoms with Crippen LogP contribution in [0.25, 0.3) is 10.2 Å². The Bertz CT molecular complexity index is 773. The summed E-state index contributed by atoms with van der Waals surface area (Å²) in [6.07, 6.45) is 4.50. The van der Waals surface area contributed by atoms with Crippen molar-refractivity contribution >= 4 is 38.5 Å². The van der Waals surface area contributed by atoms with Crippen LogP contribution in [0.5, 0.6) is 0 Å². The fourth-order valence-corrected chi connectivity index (χ4v) is 4.73. The molecule has 1 aromatic carbocycles. The third-order valence-electron chi connectivity index (χ3n) is 5.20. The minimum atomic E-state index is -0.386. The molecule has 2 atom stereocenters. The van der Waals surface area contributed by atoms with Gasteiger partial charge in [0.25, 0.3) is 0 Å². The topological polar surface area (TPSA) is 74.3 Å². The van der Waals surface area contributed by atoms with Gasteiger partial charge < -0.3 is 15.5 Å². The molecule has 2 aromatic rings. The number of para-hydroxylation sites is 1. The van der Waals surface area contributed by atoms with Gasteiger partial charge in [-0.2, -0.15) is 0 Å². The number of nitrogens with zero attached hydrogens (tertiary/aromatic N) is 2. The molecule has 4 rings (SSSR count). The predicted molar refractivity (Wildman–Crippen MR) is 103 cm³/mol. The summed E-state index contributed by atoms with van der Waals surface area (Å²) in [7, 11) is 0. The molecule has 1 aromatic heterocycles. The van der Waals surface area contributed by atoms with Crippen LogP contribution >= 0.6 is 11.3 Å². The fraction of sp³-hybridized carbons (Fsp3) is 0.526. The second-order valence-electron chi connectivity index (χ2n) is 7.10. The number of hydrogen-bond donors (Lipinski definition) is 2. The first-order chi connectivity index (χ1) is 12.7. The van der Waals surface area contributed by atoms with E-state index >= 15 is 0 Å². The summed E-state index contributed by atoms with van der Waals surface area (Å²) < 4.78 is 1.17. The molecule has 2 aliphatic heterocycles. The number of anilines is 1. The van der Waals surface area contributed by atoms with Gasteiger partial charge in [0.1, 0.15) is 6.04 Å². The Morgan fingerprint density at radius 2 is 2.12 bits per heavy atom. The van der Waals surface area contributed by atoms with E-state index < -0.39 is 0 Å². The van der Waals surface area contributed by atoms with Crippen LogP contribution in [0, 0.1) is 5.92 Å². The van der Waals surface area contributed by atoms with E-state index in [9.17, 15) is 9.59 Å². The molecule has 7 heteroatoms. The molecular weight excluding hydrogens is 348 g/mol. The molecule has 0 radical (unpaired) electrons. The summed E-state index contributed by atoms with van der Waals surface area (Å²) in [5.41, 5.74) is 1.01. The maximum Gasteiger partial charge on any atom is 0.242 e. The quantitative estimate of drug-likeness (QED) is 0.867. The standard InChI is InChI=1S/C19H24N4O2S/c24-17(21-15-8-3-4-10-20-18(15)25)13-6-5-11-23(12-13)19-22-14-7-1-2-9-16(14)26-19/h1-2,7,9,13,15H,3-6,8,10-12H2,(H,20,25)(H,21,24)/t13-,15+/m1/s1. The first-order valence-electron chi connectivity index (χ1n) is 9.39. The van der Waals surface area contributed by atoms with E-state index in [0.29, 0.717) is 13.1 Å². The molecule has 0 bridgehead atoms. The van der Waals surface area contributed by atoms with Gasteiger partial charge in [-0.15, -0.1) is 0 Å². The van der Waals surface area contributed by atoms with Gasteiger partial charge in [-0.1, -0.05) is 23.5 Å². The number of fused-ring (bicyclic) bond motifs is 1. The number of hydrogen-bond acceptors (Lipinski definition) is 5. The summed E-state index contributed by atoms with van der Waals surface area (Å²) in [6.45, 7) is 2.30. The molecule has 2 amide bonds. The van der Waals surface area contributed by atoms with Gasteiger partial charge in [0.15, 0.2) is 5.13 Å². The lowest BCUT2D eigenvalue weighted by molar-refractivity contribution is -0.131. The Labute approximate surface area is 157 Å². The Hall–Kier alpha value is -2.15. The highest BCUT2D eigenvalue weighted by Crippen LogP contribution is 2.31. The summed E-state index contributed by atoms with van der Waals surface area (Å²) >= 11 is 1.68. The number of carbonyl (C=O) groups excluding carboxylic acids is 2. The van der Waals surface area contributed by atoms with Crippen LogP contribution in [0.3, 0.4) is 0 Å². The van der Waals surface area contributed by atoms with Crippen molar-refractivity contribution in [2.45, 2.75) is 38.1 Å². The molecule has 0 spiro atoms. The van der Waals surface area contributed by atoms with Crippen LogP contribution in [-0.4, -0.2) is 42.5 Å².